The molecular formula is C17H12ClN3S. The Morgan fingerprint density at radius 2 is 1.91 bits per heavy atom. The molecule has 3 aromatic heterocycles. The minimum Gasteiger partial charge on any atom is -0.339 e. The van der Waals surface area contributed by atoms with Gasteiger partial charge in [0.15, 0.2) is 0 Å². The van der Waals surface area contributed by atoms with Crippen molar-refractivity contribution in [3.63, 3.8) is 0 Å². The Hall–Kier alpha value is -2.30. The summed E-state index contributed by atoms with van der Waals surface area (Å²) in [5.74, 6) is 0.955. The van der Waals surface area contributed by atoms with Gasteiger partial charge in [-0.05, 0) is 47.8 Å². The maximum atomic E-state index is 5.96. The Bertz CT molecular complexity index is 911. The summed E-state index contributed by atoms with van der Waals surface area (Å²) in [6, 6.07) is 15.7. The number of imidazole rings is 1. The van der Waals surface area contributed by atoms with E-state index >= 15 is 0 Å². The molecule has 0 saturated carbocycles. The summed E-state index contributed by atoms with van der Waals surface area (Å²) in [6.45, 7) is 0. The van der Waals surface area contributed by atoms with Crippen molar-refractivity contribution in [1.29, 1.82) is 0 Å². The number of thiophene rings is 1. The molecule has 0 unspecified atom stereocenters. The van der Waals surface area contributed by atoms with Crippen molar-refractivity contribution in [2.45, 2.75) is 0 Å². The quantitative estimate of drug-likeness (QED) is 0.542. The second-order valence-electron chi connectivity index (χ2n) is 4.88. The van der Waals surface area contributed by atoms with Crippen LogP contribution in [0.25, 0.3) is 16.9 Å². The van der Waals surface area contributed by atoms with Crippen LogP contribution in [-0.4, -0.2) is 9.38 Å². The minimum atomic E-state index is 0.724. The molecule has 108 valence electrons. The summed E-state index contributed by atoms with van der Waals surface area (Å²) in [4.78, 5) is 4.75. The molecule has 0 spiro atoms. The van der Waals surface area contributed by atoms with E-state index in [0.29, 0.717) is 0 Å². The molecule has 3 nitrogen and oxygen atoms in total. The standard InChI is InChI=1S/C17H12ClN3S/c18-13-4-6-14(7-5-13)19-17-16(12-8-10-22-11-12)20-15-3-1-2-9-21(15)17/h1-11,19H. The molecule has 4 rings (SSSR count). The van der Waals surface area contributed by atoms with Gasteiger partial charge in [-0.25, -0.2) is 4.98 Å². The molecule has 0 aliphatic rings. The number of halogens is 1. The van der Waals surface area contributed by atoms with E-state index in [9.17, 15) is 0 Å². The first-order chi connectivity index (χ1) is 10.8. The predicted octanol–water partition coefficient (Wildman–Crippen LogP) is 5.46. The van der Waals surface area contributed by atoms with Crippen LogP contribution in [0, 0.1) is 0 Å². The number of nitrogens with one attached hydrogen (secondary N) is 1. The Balaban J connectivity index is 1.87. The number of hydrogen-bond donors (Lipinski definition) is 1. The average Bonchev–Trinajstić information content (AvgIpc) is 3.18. The summed E-state index contributed by atoms with van der Waals surface area (Å²) < 4.78 is 2.06. The lowest BCUT2D eigenvalue weighted by Crippen LogP contribution is -1.96. The lowest BCUT2D eigenvalue weighted by Gasteiger charge is -2.08. The van der Waals surface area contributed by atoms with E-state index in [1.807, 2.05) is 48.7 Å². The molecule has 0 atom stereocenters. The van der Waals surface area contributed by atoms with Gasteiger partial charge in [0.2, 0.25) is 0 Å². The van der Waals surface area contributed by atoms with Crippen molar-refractivity contribution in [2.24, 2.45) is 0 Å². The van der Waals surface area contributed by atoms with Crippen molar-refractivity contribution in [3.8, 4) is 11.3 Å². The maximum absolute atomic E-state index is 5.96. The molecule has 22 heavy (non-hydrogen) atoms. The van der Waals surface area contributed by atoms with Crippen LogP contribution in [-0.2, 0) is 0 Å². The summed E-state index contributed by atoms with van der Waals surface area (Å²) in [5, 5.41) is 8.35. The van der Waals surface area contributed by atoms with Crippen LogP contribution in [0.3, 0.4) is 0 Å². The van der Waals surface area contributed by atoms with E-state index in [4.69, 9.17) is 16.6 Å². The fourth-order valence-corrected chi connectivity index (χ4v) is 3.15. The smallest absolute Gasteiger partial charge is 0.143 e. The number of hydrogen-bond acceptors (Lipinski definition) is 3. The molecule has 3 heterocycles. The van der Waals surface area contributed by atoms with Gasteiger partial charge in [0, 0.05) is 27.9 Å². The third-order valence-corrected chi connectivity index (χ3v) is 4.37. The van der Waals surface area contributed by atoms with Crippen LogP contribution in [0.1, 0.15) is 0 Å². The van der Waals surface area contributed by atoms with Gasteiger partial charge in [-0.1, -0.05) is 17.7 Å². The Morgan fingerprint density at radius 3 is 2.68 bits per heavy atom. The first kappa shape index (κ1) is 13.4. The van der Waals surface area contributed by atoms with E-state index in [1.54, 1.807) is 11.3 Å². The van der Waals surface area contributed by atoms with Gasteiger partial charge in [0.25, 0.3) is 0 Å². The zero-order valence-electron chi connectivity index (χ0n) is 11.5. The Kier molecular flexibility index (Phi) is 3.33. The highest BCUT2D eigenvalue weighted by Crippen LogP contribution is 2.32. The zero-order valence-corrected chi connectivity index (χ0v) is 13.1. The van der Waals surface area contributed by atoms with Gasteiger partial charge in [-0.2, -0.15) is 11.3 Å². The van der Waals surface area contributed by atoms with Gasteiger partial charge < -0.3 is 5.32 Å². The van der Waals surface area contributed by atoms with E-state index in [0.717, 1.165) is 33.4 Å². The number of pyridine rings is 1. The molecule has 0 saturated heterocycles. The van der Waals surface area contributed by atoms with Crippen LogP contribution >= 0.6 is 22.9 Å². The van der Waals surface area contributed by atoms with Crippen LogP contribution in [0.2, 0.25) is 5.02 Å². The van der Waals surface area contributed by atoms with Crippen molar-refractivity contribution in [2.75, 3.05) is 5.32 Å². The first-order valence-electron chi connectivity index (χ1n) is 6.83. The monoisotopic (exact) mass is 325 g/mol. The molecule has 1 aromatic carbocycles. The Labute approximate surface area is 136 Å². The Morgan fingerprint density at radius 1 is 1.05 bits per heavy atom. The van der Waals surface area contributed by atoms with Crippen molar-refractivity contribution >= 4 is 40.1 Å². The minimum absolute atomic E-state index is 0.724. The number of fused-ring (bicyclic) bond motifs is 1. The van der Waals surface area contributed by atoms with E-state index < -0.39 is 0 Å². The van der Waals surface area contributed by atoms with E-state index in [-0.39, 0.29) is 0 Å². The lowest BCUT2D eigenvalue weighted by atomic mass is 10.2. The maximum Gasteiger partial charge on any atom is 0.143 e. The van der Waals surface area contributed by atoms with Crippen LogP contribution in [0.5, 0.6) is 0 Å². The second kappa shape index (κ2) is 5.48. The lowest BCUT2D eigenvalue weighted by molar-refractivity contribution is 1.18. The second-order valence-corrected chi connectivity index (χ2v) is 6.10. The summed E-state index contributed by atoms with van der Waals surface area (Å²) >= 11 is 7.62. The van der Waals surface area contributed by atoms with Crippen LogP contribution in [0.4, 0.5) is 11.5 Å². The number of aromatic nitrogens is 2. The van der Waals surface area contributed by atoms with Gasteiger partial charge in [-0.15, -0.1) is 0 Å². The average molecular weight is 326 g/mol. The normalized spacial score (nSPS) is 11.0. The van der Waals surface area contributed by atoms with Gasteiger partial charge in [0.1, 0.15) is 17.2 Å². The van der Waals surface area contributed by atoms with Gasteiger partial charge in [-0.3, -0.25) is 4.40 Å². The summed E-state index contributed by atoms with van der Waals surface area (Å²) in [5.41, 5.74) is 3.96. The fraction of sp³-hybridized carbons (Fsp3) is 0. The van der Waals surface area contributed by atoms with Gasteiger partial charge >= 0.3 is 0 Å². The number of nitrogens with zero attached hydrogens (tertiary/aromatic N) is 2. The number of benzene rings is 1. The molecule has 1 N–H and O–H groups in total. The first-order valence-corrected chi connectivity index (χ1v) is 8.15. The van der Waals surface area contributed by atoms with Gasteiger partial charge in [0.05, 0.1) is 0 Å². The molecule has 0 fully saturated rings. The highest BCUT2D eigenvalue weighted by Gasteiger charge is 2.14. The molecular weight excluding hydrogens is 314 g/mol. The summed E-state index contributed by atoms with van der Waals surface area (Å²) in [7, 11) is 0. The van der Waals surface area contributed by atoms with Crippen molar-refractivity contribution in [3.05, 3.63) is 70.5 Å². The zero-order chi connectivity index (χ0) is 14.9. The number of anilines is 2. The van der Waals surface area contributed by atoms with Crippen LogP contribution in [0.15, 0.2) is 65.5 Å². The van der Waals surface area contributed by atoms with Crippen molar-refractivity contribution < 1.29 is 0 Å². The van der Waals surface area contributed by atoms with Crippen LogP contribution < -0.4 is 5.32 Å². The fourth-order valence-electron chi connectivity index (χ4n) is 2.39. The molecule has 0 aliphatic carbocycles. The molecule has 4 aromatic rings. The highest BCUT2D eigenvalue weighted by molar-refractivity contribution is 7.08. The summed E-state index contributed by atoms with van der Waals surface area (Å²) in [6.07, 6.45) is 2.01. The topological polar surface area (TPSA) is 29.3 Å². The third kappa shape index (κ3) is 2.36. The highest BCUT2D eigenvalue weighted by atomic mass is 35.5. The molecule has 0 bridgehead atoms. The molecule has 0 radical (unpaired) electrons. The molecule has 5 heteroatoms. The van der Waals surface area contributed by atoms with Crippen molar-refractivity contribution in [1.82, 2.24) is 9.38 Å². The SMILES string of the molecule is Clc1ccc(Nc2c(-c3ccsc3)nc3ccccn23)cc1. The predicted molar refractivity (Wildman–Crippen MR) is 93.2 cm³/mol. The third-order valence-electron chi connectivity index (χ3n) is 3.43. The van der Waals surface area contributed by atoms with E-state index in [1.165, 1.54) is 0 Å². The molecule has 0 amide bonds. The largest absolute Gasteiger partial charge is 0.339 e. The number of rotatable bonds is 3. The van der Waals surface area contributed by atoms with E-state index in [2.05, 4.69) is 26.5 Å². The molecule has 0 aliphatic heterocycles.